The molecule has 0 fully saturated rings. The first-order chi connectivity index (χ1) is 7.24. The zero-order valence-corrected chi connectivity index (χ0v) is 9.20. The number of carbonyl (C=O) groups is 1. The summed E-state index contributed by atoms with van der Waals surface area (Å²) >= 11 is 0. The molecule has 0 aliphatic carbocycles. The summed E-state index contributed by atoms with van der Waals surface area (Å²) in [5.41, 5.74) is 0.883. The molecule has 3 heteroatoms. The zero-order valence-electron chi connectivity index (χ0n) is 9.20. The fourth-order valence-corrected chi connectivity index (χ4v) is 0.836. The number of allylic oxidation sites excluding steroid dienone is 2. The van der Waals surface area contributed by atoms with Crippen molar-refractivity contribution < 1.29 is 14.3 Å². The topological polar surface area (TPSA) is 35.5 Å². The lowest BCUT2D eigenvalue weighted by molar-refractivity contribution is -0.148. The van der Waals surface area contributed by atoms with Crippen molar-refractivity contribution in [3.05, 3.63) is 37.0 Å². The van der Waals surface area contributed by atoms with Crippen LogP contribution >= 0.6 is 0 Å². The minimum absolute atomic E-state index is 0.0255. The Kier molecular flexibility index (Phi) is 8.39. The maximum atomic E-state index is 11.0. The fraction of sp³-hybridized carbons (Fsp3) is 0.417. The van der Waals surface area contributed by atoms with Crippen molar-refractivity contribution in [2.45, 2.75) is 13.3 Å². The minimum atomic E-state index is -0.334. The second-order valence-corrected chi connectivity index (χ2v) is 2.89. The molecule has 0 saturated heterocycles. The third-order valence-corrected chi connectivity index (χ3v) is 1.55. The van der Waals surface area contributed by atoms with Crippen molar-refractivity contribution >= 4 is 5.97 Å². The van der Waals surface area contributed by atoms with E-state index < -0.39 is 0 Å². The van der Waals surface area contributed by atoms with E-state index in [2.05, 4.69) is 13.2 Å². The van der Waals surface area contributed by atoms with Crippen LogP contribution in [-0.2, 0) is 14.3 Å². The number of hydrogen-bond acceptors (Lipinski definition) is 3. The second kappa shape index (κ2) is 9.21. The monoisotopic (exact) mass is 210 g/mol. The van der Waals surface area contributed by atoms with Gasteiger partial charge in [-0.05, 0) is 12.0 Å². The third kappa shape index (κ3) is 7.70. The minimum Gasteiger partial charge on any atom is -0.464 e. The molecule has 0 aromatic heterocycles. The van der Waals surface area contributed by atoms with E-state index in [1.54, 1.807) is 18.2 Å². The van der Waals surface area contributed by atoms with Crippen LogP contribution in [0.25, 0.3) is 0 Å². The van der Waals surface area contributed by atoms with Crippen molar-refractivity contribution in [3.63, 3.8) is 0 Å². The van der Waals surface area contributed by atoms with Gasteiger partial charge in [0, 0.05) is 0 Å². The molecule has 0 saturated carbocycles. The SMILES string of the molecule is C=C/C=C(\C=C)COCC(=O)OCCC. The Bertz CT molecular complexity index is 241. The average Bonchev–Trinajstić information content (AvgIpc) is 2.25. The molecular formula is C12H18O3. The van der Waals surface area contributed by atoms with Gasteiger partial charge in [0.2, 0.25) is 0 Å². The van der Waals surface area contributed by atoms with E-state index >= 15 is 0 Å². The van der Waals surface area contributed by atoms with Gasteiger partial charge in [-0.25, -0.2) is 4.79 Å². The highest BCUT2D eigenvalue weighted by molar-refractivity contribution is 5.70. The molecule has 0 unspecified atom stereocenters. The fourth-order valence-electron chi connectivity index (χ4n) is 0.836. The van der Waals surface area contributed by atoms with Gasteiger partial charge in [0.1, 0.15) is 6.61 Å². The summed E-state index contributed by atoms with van der Waals surface area (Å²) in [6, 6.07) is 0. The maximum Gasteiger partial charge on any atom is 0.332 e. The number of rotatable bonds is 8. The molecule has 0 heterocycles. The predicted molar refractivity (Wildman–Crippen MR) is 60.5 cm³/mol. The molecule has 0 aliphatic heterocycles. The second-order valence-electron chi connectivity index (χ2n) is 2.89. The molecule has 0 atom stereocenters. The summed E-state index contributed by atoms with van der Waals surface area (Å²) in [6.45, 7) is 9.88. The summed E-state index contributed by atoms with van der Waals surface area (Å²) in [5.74, 6) is -0.334. The largest absolute Gasteiger partial charge is 0.464 e. The molecule has 0 spiro atoms. The lowest BCUT2D eigenvalue weighted by Crippen LogP contribution is -2.14. The molecule has 0 bridgehead atoms. The van der Waals surface area contributed by atoms with Crippen LogP contribution in [-0.4, -0.2) is 25.8 Å². The third-order valence-electron chi connectivity index (χ3n) is 1.55. The summed E-state index contributed by atoms with van der Waals surface area (Å²) < 4.78 is 9.97. The molecule has 0 rings (SSSR count). The van der Waals surface area contributed by atoms with Gasteiger partial charge < -0.3 is 9.47 Å². The molecular weight excluding hydrogens is 192 g/mol. The van der Waals surface area contributed by atoms with Gasteiger partial charge in [-0.3, -0.25) is 0 Å². The van der Waals surface area contributed by atoms with Crippen LogP contribution in [0.3, 0.4) is 0 Å². The Hall–Kier alpha value is -1.35. The molecule has 0 aromatic rings. The van der Waals surface area contributed by atoms with Crippen LogP contribution in [0.1, 0.15) is 13.3 Å². The van der Waals surface area contributed by atoms with Gasteiger partial charge in [-0.2, -0.15) is 0 Å². The molecule has 0 radical (unpaired) electrons. The lowest BCUT2D eigenvalue weighted by atomic mass is 10.2. The maximum absolute atomic E-state index is 11.0. The Morgan fingerprint density at radius 2 is 2.07 bits per heavy atom. The van der Waals surface area contributed by atoms with Crippen LogP contribution in [0.2, 0.25) is 0 Å². The molecule has 3 nitrogen and oxygen atoms in total. The van der Waals surface area contributed by atoms with Crippen LogP contribution in [0.5, 0.6) is 0 Å². The van der Waals surface area contributed by atoms with Crippen LogP contribution in [0.4, 0.5) is 0 Å². The first kappa shape index (κ1) is 13.7. The van der Waals surface area contributed by atoms with E-state index in [1.165, 1.54) is 0 Å². The highest BCUT2D eigenvalue weighted by Crippen LogP contribution is 1.97. The van der Waals surface area contributed by atoms with E-state index in [9.17, 15) is 4.79 Å². The Morgan fingerprint density at radius 1 is 1.33 bits per heavy atom. The van der Waals surface area contributed by atoms with E-state index in [1.807, 2.05) is 6.92 Å². The van der Waals surface area contributed by atoms with E-state index in [0.717, 1.165) is 12.0 Å². The Labute approximate surface area is 91.1 Å². The molecule has 15 heavy (non-hydrogen) atoms. The number of hydrogen-bond donors (Lipinski definition) is 0. The zero-order chi connectivity index (χ0) is 11.5. The highest BCUT2D eigenvalue weighted by Gasteiger charge is 2.01. The van der Waals surface area contributed by atoms with Crippen molar-refractivity contribution in [1.29, 1.82) is 0 Å². The molecule has 84 valence electrons. The standard InChI is InChI=1S/C12H18O3/c1-4-7-11(6-3)9-14-10-12(13)15-8-5-2/h4,6-7H,1,3,5,8-10H2,2H3/b11-7+. The average molecular weight is 210 g/mol. The molecule has 0 aromatic carbocycles. The molecule has 0 aliphatic rings. The smallest absolute Gasteiger partial charge is 0.332 e. The number of esters is 1. The summed E-state index contributed by atoms with van der Waals surface area (Å²) in [6.07, 6.45) is 5.92. The number of ether oxygens (including phenoxy) is 2. The summed E-state index contributed by atoms with van der Waals surface area (Å²) in [5, 5.41) is 0. The van der Waals surface area contributed by atoms with Gasteiger partial charge in [0.15, 0.2) is 0 Å². The van der Waals surface area contributed by atoms with E-state index in [-0.39, 0.29) is 12.6 Å². The molecule has 0 amide bonds. The van der Waals surface area contributed by atoms with Gasteiger partial charge in [-0.15, -0.1) is 0 Å². The Balaban J connectivity index is 3.68. The first-order valence-corrected chi connectivity index (χ1v) is 4.92. The van der Waals surface area contributed by atoms with Crippen LogP contribution < -0.4 is 0 Å². The highest BCUT2D eigenvalue weighted by atomic mass is 16.6. The van der Waals surface area contributed by atoms with Crippen LogP contribution in [0, 0.1) is 0 Å². The van der Waals surface area contributed by atoms with Gasteiger partial charge >= 0.3 is 5.97 Å². The van der Waals surface area contributed by atoms with E-state index in [0.29, 0.717) is 13.2 Å². The molecule has 0 N–H and O–H groups in total. The van der Waals surface area contributed by atoms with Crippen molar-refractivity contribution in [2.24, 2.45) is 0 Å². The van der Waals surface area contributed by atoms with Crippen LogP contribution in [0.15, 0.2) is 37.0 Å². The Morgan fingerprint density at radius 3 is 2.60 bits per heavy atom. The van der Waals surface area contributed by atoms with Crippen molar-refractivity contribution in [3.8, 4) is 0 Å². The van der Waals surface area contributed by atoms with Gasteiger partial charge in [0.05, 0.1) is 13.2 Å². The first-order valence-electron chi connectivity index (χ1n) is 4.92. The van der Waals surface area contributed by atoms with Crippen molar-refractivity contribution in [1.82, 2.24) is 0 Å². The van der Waals surface area contributed by atoms with E-state index in [4.69, 9.17) is 9.47 Å². The van der Waals surface area contributed by atoms with Gasteiger partial charge in [0.25, 0.3) is 0 Å². The normalized spacial score (nSPS) is 10.9. The predicted octanol–water partition coefficient (Wildman–Crippen LogP) is 2.25. The lowest BCUT2D eigenvalue weighted by Gasteiger charge is -2.04. The van der Waals surface area contributed by atoms with Gasteiger partial charge in [-0.1, -0.05) is 38.3 Å². The summed E-state index contributed by atoms with van der Waals surface area (Å²) in [4.78, 5) is 11.0. The number of carbonyl (C=O) groups excluding carboxylic acids is 1. The summed E-state index contributed by atoms with van der Waals surface area (Å²) in [7, 11) is 0. The van der Waals surface area contributed by atoms with Crippen molar-refractivity contribution in [2.75, 3.05) is 19.8 Å². The quantitative estimate of drug-likeness (QED) is 0.455.